The van der Waals surface area contributed by atoms with Gasteiger partial charge >= 0.3 is 12.1 Å². The lowest BCUT2D eigenvalue weighted by Gasteiger charge is -2.11. The first-order chi connectivity index (χ1) is 9.82. The first-order valence-corrected chi connectivity index (χ1v) is 5.78. The molecule has 0 aliphatic rings. The van der Waals surface area contributed by atoms with E-state index in [1.165, 1.54) is 13.2 Å². The van der Waals surface area contributed by atoms with Crippen LogP contribution >= 0.6 is 0 Å². The number of hydrogen-bond donors (Lipinski definition) is 1. The molecule has 0 spiro atoms. The summed E-state index contributed by atoms with van der Waals surface area (Å²) in [5.74, 6) is -1.03. The number of aromatic carboxylic acids is 1. The summed E-state index contributed by atoms with van der Waals surface area (Å²) in [6.45, 7) is 0. The second-order valence-electron chi connectivity index (χ2n) is 4.16. The van der Waals surface area contributed by atoms with Crippen molar-refractivity contribution in [2.75, 3.05) is 7.11 Å². The summed E-state index contributed by atoms with van der Waals surface area (Å²) < 4.78 is 42.9. The van der Waals surface area contributed by atoms with E-state index in [1.54, 1.807) is 18.2 Å². The molecule has 21 heavy (non-hydrogen) atoms. The molecule has 0 radical (unpaired) electrons. The summed E-state index contributed by atoms with van der Waals surface area (Å²) >= 11 is 0. The Bertz CT molecular complexity index is 683. The van der Waals surface area contributed by atoms with E-state index in [1.807, 2.05) is 0 Å². The zero-order valence-electron chi connectivity index (χ0n) is 10.8. The molecule has 0 saturated heterocycles. The number of ether oxygens (including phenoxy) is 1. The molecule has 0 atom stereocenters. The molecule has 4 nitrogen and oxygen atoms in total. The smallest absolute Gasteiger partial charge is 0.417 e. The molecule has 0 saturated carbocycles. The van der Waals surface area contributed by atoms with Gasteiger partial charge in [-0.1, -0.05) is 12.1 Å². The van der Waals surface area contributed by atoms with Crippen molar-refractivity contribution in [3.63, 3.8) is 0 Å². The van der Waals surface area contributed by atoms with E-state index in [0.717, 1.165) is 0 Å². The van der Waals surface area contributed by atoms with Crippen LogP contribution in [0.25, 0.3) is 11.3 Å². The maximum Gasteiger partial charge on any atom is 0.417 e. The van der Waals surface area contributed by atoms with Crippen LogP contribution in [0, 0.1) is 0 Å². The summed E-state index contributed by atoms with van der Waals surface area (Å²) in [6, 6.07) is 6.85. The predicted molar refractivity (Wildman–Crippen MR) is 68.2 cm³/mol. The largest absolute Gasteiger partial charge is 0.497 e. The number of halogens is 3. The fourth-order valence-electron chi connectivity index (χ4n) is 1.78. The Balaban J connectivity index is 2.60. The van der Waals surface area contributed by atoms with Crippen LogP contribution in [0.4, 0.5) is 13.2 Å². The predicted octanol–water partition coefficient (Wildman–Crippen LogP) is 3.47. The van der Waals surface area contributed by atoms with Crippen molar-refractivity contribution in [2.45, 2.75) is 6.18 Å². The first kappa shape index (κ1) is 14.8. The third kappa shape index (κ3) is 3.13. The van der Waals surface area contributed by atoms with Gasteiger partial charge in [0.15, 0.2) is 0 Å². The minimum absolute atomic E-state index is 0.0469. The van der Waals surface area contributed by atoms with Crippen LogP contribution in [-0.4, -0.2) is 23.2 Å². The van der Waals surface area contributed by atoms with Gasteiger partial charge in [0.1, 0.15) is 5.75 Å². The highest BCUT2D eigenvalue weighted by atomic mass is 19.4. The zero-order chi connectivity index (χ0) is 15.6. The monoisotopic (exact) mass is 297 g/mol. The zero-order valence-corrected chi connectivity index (χ0v) is 10.8. The van der Waals surface area contributed by atoms with Crippen molar-refractivity contribution in [1.29, 1.82) is 0 Å². The van der Waals surface area contributed by atoms with Gasteiger partial charge in [0.25, 0.3) is 0 Å². The summed E-state index contributed by atoms with van der Waals surface area (Å²) in [7, 11) is 1.43. The molecule has 0 aliphatic heterocycles. The lowest BCUT2D eigenvalue weighted by Crippen LogP contribution is -2.10. The van der Waals surface area contributed by atoms with Crippen molar-refractivity contribution < 1.29 is 27.8 Å². The van der Waals surface area contributed by atoms with E-state index >= 15 is 0 Å². The standard InChI is InChI=1S/C14H10F3NO3/c1-21-10-4-2-3-8(5-10)12-11(13(19)20)6-9(7-18-12)14(15,16)17/h2-7H,1H3,(H,19,20). The number of rotatable bonds is 3. The summed E-state index contributed by atoms with van der Waals surface area (Å²) in [5.41, 5.74) is -1.31. The van der Waals surface area contributed by atoms with Gasteiger partial charge in [0.05, 0.1) is 23.9 Å². The summed E-state index contributed by atoms with van der Waals surface area (Å²) in [5, 5.41) is 9.11. The molecule has 0 fully saturated rings. The minimum atomic E-state index is -4.65. The van der Waals surface area contributed by atoms with Gasteiger partial charge in [-0.3, -0.25) is 4.98 Å². The Morgan fingerprint density at radius 2 is 2.00 bits per heavy atom. The van der Waals surface area contributed by atoms with Crippen LogP contribution in [0.1, 0.15) is 15.9 Å². The molecular weight excluding hydrogens is 287 g/mol. The van der Waals surface area contributed by atoms with Gasteiger partial charge in [-0.2, -0.15) is 13.2 Å². The summed E-state index contributed by atoms with van der Waals surface area (Å²) in [4.78, 5) is 14.8. The number of alkyl halides is 3. The topological polar surface area (TPSA) is 59.4 Å². The second-order valence-corrected chi connectivity index (χ2v) is 4.16. The molecule has 1 heterocycles. The van der Waals surface area contributed by atoms with Crippen molar-refractivity contribution in [2.24, 2.45) is 0 Å². The number of methoxy groups -OCH3 is 1. The highest BCUT2D eigenvalue weighted by Crippen LogP contribution is 2.32. The highest BCUT2D eigenvalue weighted by Gasteiger charge is 2.32. The van der Waals surface area contributed by atoms with Crippen LogP contribution in [-0.2, 0) is 6.18 Å². The molecule has 110 valence electrons. The molecule has 2 rings (SSSR count). The number of pyridine rings is 1. The summed E-state index contributed by atoms with van der Waals surface area (Å²) in [6.07, 6.45) is -4.04. The van der Waals surface area contributed by atoms with Crippen LogP contribution in [0.3, 0.4) is 0 Å². The molecule has 1 aromatic carbocycles. The quantitative estimate of drug-likeness (QED) is 0.942. The van der Waals surface area contributed by atoms with Gasteiger partial charge in [-0.05, 0) is 18.2 Å². The van der Waals surface area contributed by atoms with Crippen molar-refractivity contribution in [3.8, 4) is 17.0 Å². The number of benzene rings is 1. The Hall–Kier alpha value is -2.57. The van der Waals surface area contributed by atoms with Crippen molar-refractivity contribution in [1.82, 2.24) is 4.98 Å². The molecule has 1 N–H and O–H groups in total. The lowest BCUT2D eigenvalue weighted by molar-refractivity contribution is -0.137. The minimum Gasteiger partial charge on any atom is -0.497 e. The van der Waals surface area contributed by atoms with Crippen LogP contribution in [0.2, 0.25) is 0 Å². The van der Waals surface area contributed by atoms with Crippen molar-refractivity contribution >= 4 is 5.97 Å². The lowest BCUT2D eigenvalue weighted by atomic mass is 10.0. The number of carboxylic acid groups (broad SMARTS) is 1. The molecule has 7 heteroatoms. The molecule has 0 bridgehead atoms. The highest BCUT2D eigenvalue weighted by molar-refractivity contribution is 5.95. The molecule has 0 aliphatic carbocycles. The number of aromatic nitrogens is 1. The normalized spacial score (nSPS) is 11.2. The molecule has 1 aromatic heterocycles. The molecular formula is C14H10F3NO3. The fraction of sp³-hybridized carbons (Fsp3) is 0.143. The second kappa shape index (κ2) is 5.43. The maximum atomic E-state index is 12.6. The molecule has 2 aromatic rings. The Morgan fingerprint density at radius 1 is 1.29 bits per heavy atom. The Labute approximate surface area is 117 Å². The van der Waals surface area contributed by atoms with Gasteiger partial charge in [0.2, 0.25) is 0 Å². The van der Waals surface area contributed by atoms with E-state index in [2.05, 4.69) is 4.98 Å². The van der Waals surface area contributed by atoms with Crippen LogP contribution in [0.15, 0.2) is 36.5 Å². The SMILES string of the molecule is COc1cccc(-c2ncc(C(F)(F)F)cc2C(=O)O)c1. The molecule has 0 unspecified atom stereocenters. The Kier molecular flexibility index (Phi) is 3.84. The van der Waals surface area contributed by atoms with Gasteiger partial charge in [0, 0.05) is 11.8 Å². The average Bonchev–Trinajstić information content (AvgIpc) is 2.45. The van der Waals surface area contributed by atoms with Crippen LogP contribution in [0.5, 0.6) is 5.75 Å². The number of hydrogen-bond acceptors (Lipinski definition) is 3. The van der Waals surface area contributed by atoms with Crippen molar-refractivity contribution in [3.05, 3.63) is 47.7 Å². The van der Waals surface area contributed by atoms with Gasteiger partial charge in [-0.15, -0.1) is 0 Å². The number of carbonyl (C=O) groups is 1. The first-order valence-electron chi connectivity index (χ1n) is 5.78. The number of nitrogens with zero attached hydrogens (tertiary/aromatic N) is 1. The van der Waals surface area contributed by atoms with E-state index in [9.17, 15) is 18.0 Å². The van der Waals surface area contributed by atoms with Crippen LogP contribution < -0.4 is 4.74 Å². The maximum absolute atomic E-state index is 12.6. The average molecular weight is 297 g/mol. The third-order valence-corrected chi connectivity index (χ3v) is 2.79. The van der Waals surface area contributed by atoms with E-state index in [-0.39, 0.29) is 5.69 Å². The number of carboxylic acids is 1. The van der Waals surface area contributed by atoms with E-state index < -0.39 is 23.3 Å². The van der Waals surface area contributed by atoms with Gasteiger partial charge in [-0.25, -0.2) is 4.79 Å². The van der Waals surface area contributed by atoms with E-state index in [0.29, 0.717) is 23.6 Å². The molecule has 0 amide bonds. The van der Waals surface area contributed by atoms with E-state index in [4.69, 9.17) is 9.84 Å². The fourth-order valence-corrected chi connectivity index (χ4v) is 1.78. The third-order valence-electron chi connectivity index (χ3n) is 2.79. The Morgan fingerprint density at radius 3 is 2.57 bits per heavy atom. The van der Waals surface area contributed by atoms with Gasteiger partial charge < -0.3 is 9.84 Å².